The molecular weight excluding hydrogens is 410 g/mol. The summed E-state index contributed by atoms with van der Waals surface area (Å²) in [5.41, 5.74) is 2.58. The Morgan fingerprint density at radius 3 is 2.65 bits per heavy atom. The summed E-state index contributed by atoms with van der Waals surface area (Å²) in [5.74, 6) is 0.664. The molecule has 2 amide bonds. The largest absolute Gasteiger partial charge is 0.497 e. The highest BCUT2D eigenvalue weighted by Crippen LogP contribution is 2.49. The van der Waals surface area contributed by atoms with Crippen LogP contribution >= 0.6 is 11.8 Å². The number of nitrogens with one attached hydrogen (secondary N) is 1. The number of fused-ring (bicyclic) bond motifs is 2. The molecule has 1 N–H and O–H groups in total. The van der Waals surface area contributed by atoms with Crippen molar-refractivity contribution in [2.45, 2.75) is 28.2 Å². The topological polar surface area (TPSA) is 71.5 Å². The van der Waals surface area contributed by atoms with Crippen LogP contribution < -0.4 is 15.0 Å². The predicted molar refractivity (Wildman–Crippen MR) is 120 cm³/mol. The van der Waals surface area contributed by atoms with Gasteiger partial charge in [-0.25, -0.2) is 4.98 Å². The molecule has 0 saturated heterocycles. The Kier molecular flexibility index (Phi) is 4.70. The SMILES string of the molecule is COc1ccc(C2(C(=O)Nc3ccc4c(c3)Sc3ncccc3C(=O)N4C)CC2)cc1. The number of anilines is 2. The molecule has 2 heterocycles. The van der Waals surface area contributed by atoms with Crippen LogP contribution in [0, 0.1) is 0 Å². The Hall–Kier alpha value is -3.32. The quantitative estimate of drug-likeness (QED) is 0.659. The first-order chi connectivity index (χ1) is 15.0. The van der Waals surface area contributed by atoms with Gasteiger partial charge in [0.1, 0.15) is 10.8 Å². The zero-order valence-corrected chi connectivity index (χ0v) is 18.0. The Bertz CT molecular complexity index is 1190. The van der Waals surface area contributed by atoms with Crippen molar-refractivity contribution in [3.05, 3.63) is 71.9 Å². The molecule has 31 heavy (non-hydrogen) atoms. The molecule has 0 unspecified atom stereocenters. The van der Waals surface area contributed by atoms with Crippen LogP contribution in [0.4, 0.5) is 11.4 Å². The molecule has 0 radical (unpaired) electrons. The Morgan fingerprint density at radius 2 is 1.94 bits per heavy atom. The zero-order chi connectivity index (χ0) is 21.6. The summed E-state index contributed by atoms with van der Waals surface area (Å²) in [6.45, 7) is 0. The summed E-state index contributed by atoms with van der Waals surface area (Å²) in [4.78, 5) is 32.9. The summed E-state index contributed by atoms with van der Waals surface area (Å²) in [7, 11) is 3.38. The number of methoxy groups -OCH3 is 1. The van der Waals surface area contributed by atoms with E-state index in [0.29, 0.717) is 16.3 Å². The maximum absolute atomic E-state index is 13.2. The van der Waals surface area contributed by atoms with Crippen molar-refractivity contribution in [3.63, 3.8) is 0 Å². The van der Waals surface area contributed by atoms with Crippen molar-refractivity contribution in [1.29, 1.82) is 0 Å². The monoisotopic (exact) mass is 431 g/mol. The average Bonchev–Trinajstić information content (AvgIpc) is 3.61. The average molecular weight is 432 g/mol. The third-order valence-electron chi connectivity index (χ3n) is 5.92. The number of amides is 2. The van der Waals surface area contributed by atoms with Gasteiger partial charge >= 0.3 is 0 Å². The molecule has 2 aliphatic rings. The van der Waals surface area contributed by atoms with E-state index < -0.39 is 5.41 Å². The van der Waals surface area contributed by atoms with E-state index in [1.807, 2.05) is 42.5 Å². The van der Waals surface area contributed by atoms with E-state index >= 15 is 0 Å². The number of pyridine rings is 1. The Morgan fingerprint density at radius 1 is 1.16 bits per heavy atom. The highest BCUT2D eigenvalue weighted by Gasteiger charge is 2.51. The number of hydrogen-bond donors (Lipinski definition) is 1. The lowest BCUT2D eigenvalue weighted by molar-refractivity contribution is -0.118. The van der Waals surface area contributed by atoms with Crippen LogP contribution in [0.3, 0.4) is 0 Å². The molecule has 0 bridgehead atoms. The minimum absolute atomic E-state index is 0.0146. The molecular formula is C24H21N3O3S. The van der Waals surface area contributed by atoms with Gasteiger partial charge in [0.25, 0.3) is 5.91 Å². The molecule has 1 aliphatic carbocycles. The molecule has 2 aromatic carbocycles. The van der Waals surface area contributed by atoms with Crippen LogP contribution in [0.1, 0.15) is 28.8 Å². The number of rotatable bonds is 4. The van der Waals surface area contributed by atoms with Gasteiger partial charge < -0.3 is 15.0 Å². The fraction of sp³-hybridized carbons (Fsp3) is 0.208. The third-order valence-corrected chi connectivity index (χ3v) is 6.98. The molecule has 1 fully saturated rings. The number of aromatic nitrogens is 1. The molecule has 1 aliphatic heterocycles. The summed E-state index contributed by atoms with van der Waals surface area (Å²) in [6, 6.07) is 16.9. The number of carbonyl (C=O) groups excluding carboxylic acids is 2. The van der Waals surface area contributed by atoms with Crippen LogP contribution in [0.25, 0.3) is 0 Å². The second-order valence-electron chi connectivity index (χ2n) is 7.77. The maximum atomic E-state index is 13.2. The van der Waals surface area contributed by atoms with Gasteiger partial charge in [-0.05, 0) is 60.9 Å². The zero-order valence-electron chi connectivity index (χ0n) is 17.2. The van der Waals surface area contributed by atoms with Crippen molar-refractivity contribution in [2.24, 2.45) is 0 Å². The van der Waals surface area contributed by atoms with Gasteiger partial charge in [0, 0.05) is 23.8 Å². The van der Waals surface area contributed by atoms with Crippen molar-refractivity contribution in [2.75, 3.05) is 24.4 Å². The van der Waals surface area contributed by atoms with Gasteiger partial charge in [0.05, 0.1) is 23.8 Å². The molecule has 0 atom stereocenters. The van der Waals surface area contributed by atoms with E-state index in [0.717, 1.165) is 34.7 Å². The van der Waals surface area contributed by atoms with Crippen molar-refractivity contribution >= 4 is 35.0 Å². The molecule has 7 heteroatoms. The van der Waals surface area contributed by atoms with Crippen molar-refractivity contribution in [1.82, 2.24) is 4.98 Å². The molecule has 156 valence electrons. The van der Waals surface area contributed by atoms with Crippen LogP contribution in [0.15, 0.2) is 70.7 Å². The normalized spacial score (nSPS) is 16.1. The minimum Gasteiger partial charge on any atom is -0.497 e. The van der Waals surface area contributed by atoms with E-state index in [9.17, 15) is 9.59 Å². The molecule has 1 saturated carbocycles. The Labute approximate surface area is 184 Å². The molecule has 0 spiro atoms. The highest BCUT2D eigenvalue weighted by molar-refractivity contribution is 7.99. The van der Waals surface area contributed by atoms with Crippen molar-refractivity contribution in [3.8, 4) is 5.75 Å². The minimum atomic E-state index is -0.493. The van der Waals surface area contributed by atoms with Gasteiger partial charge in [-0.2, -0.15) is 0 Å². The van der Waals surface area contributed by atoms with E-state index in [1.54, 1.807) is 37.4 Å². The standard InChI is InChI=1S/C24H21N3O3S/c1-27-19-10-7-16(14-20(19)31-21-18(22(27)28)4-3-13-25-21)26-23(29)24(11-12-24)15-5-8-17(30-2)9-6-15/h3-10,13-14H,11-12H2,1-2H3,(H,26,29). The lowest BCUT2D eigenvalue weighted by Crippen LogP contribution is -2.28. The first-order valence-electron chi connectivity index (χ1n) is 10.0. The highest BCUT2D eigenvalue weighted by atomic mass is 32.2. The maximum Gasteiger partial charge on any atom is 0.260 e. The molecule has 3 aromatic rings. The third kappa shape index (κ3) is 3.35. The lowest BCUT2D eigenvalue weighted by Gasteiger charge is -2.19. The van der Waals surface area contributed by atoms with Crippen LogP contribution in [-0.2, 0) is 10.2 Å². The van der Waals surface area contributed by atoms with E-state index in [-0.39, 0.29) is 11.8 Å². The summed E-state index contributed by atoms with van der Waals surface area (Å²) in [5, 5.41) is 3.75. The lowest BCUT2D eigenvalue weighted by atomic mass is 9.94. The predicted octanol–water partition coefficient (Wildman–Crippen LogP) is 4.50. The first kappa shape index (κ1) is 19.6. The van der Waals surface area contributed by atoms with Gasteiger partial charge in [0.15, 0.2) is 0 Å². The molecule has 5 rings (SSSR count). The number of carbonyl (C=O) groups is 2. The van der Waals surface area contributed by atoms with Gasteiger partial charge in [-0.15, -0.1) is 0 Å². The van der Waals surface area contributed by atoms with E-state index in [4.69, 9.17) is 4.74 Å². The van der Waals surface area contributed by atoms with Gasteiger partial charge in [-0.1, -0.05) is 23.9 Å². The number of ether oxygens (including phenoxy) is 1. The Balaban J connectivity index is 1.42. The second-order valence-corrected chi connectivity index (χ2v) is 8.80. The van der Waals surface area contributed by atoms with Gasteiger partial charge in [0.2, 0.25) is 5.91 Å². The fourth-order valence-corrected chi connectivity index (χ4v) is 5.00. The second kappa shape index (κ2) is 7.42. The van der Waals surface area contributed by atoms with Crippen LogP contribution in [0.5, 0.6) is 5.75 Å². The fourth-order valence-electron chi connectivity index (χ4n) is 3.91. The smallest absolute Gasteiger partial charge is 0.260 e. The van der Waals surface area contributed by atoms with Crippen LogP contribution in [0.2, 0.25) is 0 Å². The van der Waals surface area contributed by atoms with Crippen LogP contribution in [-0.4, -0.2) is 31.0 Å². The molecule has 1 aromatic heterocycles. The summed E-state index contributed by atoms with van der Waals surface area (Å²) >= 11 is 1.44. The van der Waals surface area contributed by atoms with E-state index in [1.165, 1.54) is 11.8 Å². The molecule has 6 nitrogen and oxygen atoms in total. The first-order valence-corrected chi connectivity index (χ1v) is 10.8. The van der Waals surface area contributed by atoms with Crippen molar-refractivity contribution < 1.29 is 14.3 Å². The van der Waals surface area contributed by atoms with E-state index in [2.05, 4.69) is 10.3 Å². The number of hydrogen-bond acceptors (Lipinski definition) is 5. The summed E-state index contributed by atoms with van der Waals surface area (Å²) in [6.07, 6.45) is 3.32. The number of benzene rings is 2. The summed E-state index contributed by atoms with van der Waals surface area (Å²) < 4.78 is 5.23. The number of nitrogens with zero attached hydrogens (tertiary/aromatic N) is 2. The van der Waals surface area contributed by atoms with Gasteiger partial charge in [-0.3, -0.25) is 9.59 Å².